The molecule has 0 fully saturated rings. The highest BCUT2D eigenvalue weighted by atomic mass is 35.5. The van der Waals surface area contributed by atoms with Gasteiger partial charge in [-0.1, -0.05) is 194 Å². The standard InChI is InChI=1S/C40H84N.ClH/c1-5-8-11-14-17-20-23-26-29-32-35-38-41(4,39-36-33-30-27-24-21-18-15-12-9-6-2)40-37-34-31-28-25-22-19-16-13-10-7-3;/h5-40H2,1-4H3;1H/q+1;/p-1. The summed E-state index contributed by atoms with van der Waals surface area (Å²) in [6, 6.07) is 0. The van der Waals surface area contributed by atoms with Gasteiger partial charge < -0.3 is 16.9 Å². The summed E-state index contributed by atoms with van der Waals surface area (Å²) in [5, 5.41) is 0. The Morgan fingerprint density at radius 3 is 0.548 bits per heavy atom. The van der Waals surface area contributed by atoms with E-state index in [-0.39, 0.29) is 12.4 Å². The van der Waals surface area contributed by atoms with E-state index in [4.69, 9.17) is 0 Å². The zero-order valence-electron chi connectivity index (χ0n) is 30.3. The van der Waals surface area contributed by atoms with Gasteiger partial charge in [0.15, 0.2) is 0 Å². The van der Waals surface area contributed by atoms with Crippen molar-refractivity contribution in [2.75, 3.05) is 26.7 Å². The second-order valence-electron chi connectivity index (χ2n) is 14.4. The molecule has 256 valence electrons. The van der Waals surface area contributed by atoms with Crippen molar-refractivity contribution in [3.63, 3.8) is 0 Å². The third-order valence-corrected chi connectivity index (χ3v) is 9.90. The fourth-order valence-electron chi connectivity index (χ4n) is 6.81. The number of quaternary nitrogens is 1. The average molecular weight is 615 g/mol. The van der Waals surface area contributed by atoms with Gasteiger partial charge in [-0.2, -0.15) is 0 Å². The van der Waals surface area contributed by atoms with Crippen molar-refractivity contribution in [2.24, 2.45) is 0 Å². The molecule has 42 heavy (non-hydrogen) atoms. The van der Waals surface area contributed by atoms with Crippen molar-refractivity contribution >= 4 is 0 Å². The van der Waals surface area contributed by atoms with Crippen LogP contribution in [0.5, 0.6) is 0 Å². The van der Waals surface area contributed by atoms with Gasteiger partial charge in [0.05, 0.1) is 26.7 Å². The summed E-state index contributed by atoms with van der Waals surface area (Å²) < 4.78 is 1.37. The Bertz CT molecular complexity index is 400. The monoisotopic (exact) mass is 614 g/mol. The third-order valence-electron chi connectivity index (χ3n) is 9.90. The van der Waals surface area contributed by atoms with Gasteiger partial charge in [-0.05, 0) is 38.5 Å². The number of hydrogen-bond donors (Lipinski definition) is 0. The Labute approximate surface area is 275 Å². The molecule has 0 rings (SSSR count). The molecule has 0 saturated carbocycles. The van der Waals surface area contributed by atoms with Crippen LogP contribution in [-0.4, -0.2) is 31.2 Å². The van der Waals surface area contributed by atoms with Gasteiger partial charge in [-0.25, -0.2) is 0 Å². The Balaban J connectivity index is 0. The molecule has 0 aromatic rings. The van der Waals surface area contributed by atoms with Crippen molar-refractivity contribution in [3.05, 3.63) is 0 Å². The van der Waals surface area contributed by atoms with Crippen LogP contribution in [0.4, 0.5) is 0 Å². The number of halogens is 1. The Morgan fingerprint density at radius 1 is 0.238 bits per heavy atom. The van der Waals surface area contributed by atoms with Gasteiger partial charge in [0.25, 0.3) is 0 Å². The lowest BCUT2D eigenvalue weighted by Crippen LogP contribution is -3.00. The van der Waals surface area contributed by atoms with Crippen molar-refractivity contribution in [1.82, 2.24) is 0 Å². The molecule has 0 unspecified atom stereocenters. The molecular weight excluding hydrogens is 530 g/mol. The summed E-state index contributed by atoms with van der Waals surface area (Å²) in [5.41, 5.74) is 0. The quantitative estimate of drug-likeness (QED) is 0.0487. The van der Waals surface area contributed by atoms with E-state index in [0.717, 1.165) is 0 Å². The zero-order valence-corrected chi connectivity index (χ0v) is 31.0. The summed E-state index contributed by atoms with van der Waals surface area (Å²) in [4.78, 5) is 0. The molecule has 0 heterocycles. The van der Waals surface area contributed by atoms with Gasteiger partial charge in [0, 0.05) is 0 Å². The molecule has 1 nitrogen and oxygen atoms in total. The number of hydrogen-bond acceptors (Lipinski definition) is 0. The van der Waals surface area contributed by atoms with E-state index in [1.165, 1.54) is 236 Å². The second-order valence-corrected chi connectivity index (χ2v) is 14.4. The molecule has 2 heteroatoms. The fraction of sp³-hybridized carbons (Fsp3) is 1.00. The van der Waals surface area contributed by atoms with Crippen molar-refractivity contribution < 1.29 is 16.9 Å². The molecule has 0 aliphatic carbocycles. The van der Waals surface area contributed by atoms with Crippen LogP contribution in [0.25, 0.3) is 0 Å². The summed E-state index contributed by atoms with van der Waals surface area (Å²) in [7, 11) is 2.61. The average Bonchev–Trinajstić information content (AvgIpc) is 2.97. The molecule has 0 N–H and O–H groups in total. The predicted molar refractivity (Wildman–Crippen MR) is 190 cm³/mol. The molecule has 0 atom stereocenters. The van der Waals surface area contributed by atoms with E-state index in [2.05, 4.69) is 27.8 Å². The van der Waals surface area contributed by atoms with Gasteiger partial charge in [0.1, 0.15) is 0 Å². The van der Waals surface area contributed by atoms with Crippen LogP contribution in [0, 0.1) is 0 Å². The molecule has 0 amide bonds. The number of unbranched alkanes of at least 4 members (excludes halogenated alkanes) is 30. The summed E-state index contributed by atoms with van der Waals surface area (Å²) in [6.07, 6.45) is 48.2. The van der Waals surface area contributed by atoms with Crippen molar-refractivity contribution in [3.8, 4) is 0 Å². The van der Waals surface area contributed by atoms with Crippen LogP contribution in [0.2, 0.25) is 0 Å². The molecule has 0 bridgehead atoms. The SMILES string of the molecule is CCCCCCCCCCCCC[N+](C)(CCCCCCCCCCCCC)CCCCCCCCCCCCC.[Cl-]. The molecule has 0 aromatic carbocycles. The van der Waals surface area contributed by atoms with Gasteiger partial charge in [0.2, 0.25) is 0 Å². The zero-order chi connectivity index (χ0) is 30.0. The van der Waals surface area contributed by atoms with Crippen LogP contribution in [-0.2, 0) is 0 Å². The summed E-state index contributed by atoms with van der Waals surface area (Å²) >= 11 is 0. The Morgan fingerprint density at radius 2 is 0.381 bits per heavy atom. The van der Waals surface area contributed by atoms with Crippen LogP contribution >= 0.6 is 0 Å². The first-order valence-electron chi connectivity index (χ1n) is 20.0. The normalized spacial score (nSPS) is 11.7. The minimum Gasteiger partial charge on any atom is -1.00 e. The second kappa shape index (κ2) is 37.4. The Kier molecular flexibility index (Phi) is 39.6. The van der Waals surface area contributed by atoms with E-state index in [0.29, 0.717) is 0 Å². The first-order valence-corrected chi connectivity index (χ1v) is 20.0. The molecule has 0 aliphatic rings. The number of rotatable bonds is 36. The topological polar surface area (TPSA) is 0 Å². The highest BCUT2D eigenvalue weighted by Gasteiger charge is 2.20. The predicted octanol–water partition coefficient (Wildman–Crippen LogP) is 11.4. The van der Waals surface area contributed by atoms with Crippen molar-refractivity contribution in [2.45, 2.75) is 233 Å². The van der Waals surface area contributed by atoms with Gasteiger partial charge >= 0.3 is 0 Å². The smallest absolute Gasteiger partial charge is 0.0784 e. The van der Waals surface area contributed by atoms with Gasteiger partial charge in [-0.15, -0.1) is 0 Å². The minimum atomic E-state index is 0. The molecule has 0 saturated heterocycles. The van der Waals surface area contributed by atoms with E-state index in [1.54, 1.807) is 0 Å². The molecule has 0 aromatic heterocycles. The lowest BCUT2D eigenvalue weighted by molar-refractivity contribution is -0.910. The van der Waals surface area contributed by atoms with E-state index >= 15 is 0 Å². The lowest BCUT2D eigenvalue weighted by Gasteiger charge is -2.35. The van der Waals surface area contributed by atoms with Crippen molar-refractivity contribution in [1.29, 1.82) is 0 Å². The fourth-order valence-corrected chi connectivity index (χ4v) is 6.81. The first-order chi connectivity index (χ1) is 20.2. The molecule has 0 spiro atoms. The Hall–Kier alpha value is 0.250. The van der Waals surface area contributed by atoms with Gasteiger partial charge in [-0.3, -0.25) is 0 Å². The van der Waals surface area contributed by atoms with Crippen LogP contribution in [0.3, 0.4) is 0 Å². The maximum absolute atomic E-state index is 2.61. The van der Waals surface area contributed by atoms with Crippen LogP contribution in [0.1, 0.15) is 233 Å². The molecule has 0 aliphatic heterocycles. The maximum atomic E-state index is 2.61. The molecule has 0 radical (unpaired) electrons. The van der Waals surface area contributed by atoms with Crippen LogP contribution in [0.15, 0.2) is 0 Å². The minimum absolute atomic E-state index is 0. The lowest BCUT2D eigenvalue weighted by atomic mass is 10.0. The highest BCUT2D eigenvalue weighted by Crippen LogP contribution is 2.18. The van der Waals surface area contributed by atoms with Crippen LogP contribution < -0.4 is 12.4 Å². The maximum Gasteiger partial charge on any atom is 0.0784 e. The molecular formula is C40H84ClN. The first kappa shape index (κ1) is 44.4. The van der Waals surface area contributed by atoms with E-state index in [9.17, 15) is 0 Å². The summed E-state index contributed by atoms with van der Waals surface area (Å²) in [6.45, 7) is 11.3. The summed E-state index contributed by atoms with van der Waals surface area (Å²) in [5.74, 6) is 0. The van der Waals surface area contributed by atoms with E-state index < -0.39 is 0 Å². The third kappa shape index (κ3) is 34.7. The largest absolute Gasteiger partial charge is 1.00 e. The number of nitrogens with zero attached hydrogens (tertiary/aromatic N) is 1. The highest BCUT2D eigenvalue weighted by molar-refractivity contribution is 4.53. The van der Waals surface area contributed by atoms with E-state index in [1.807, 2.05) is 0 Å².